The smallest absolute Gasteiger partial charge is 0.209 e. The first-order valence-electron chi connectivity index (χ1n) is 3.98. The fourth-order valence-corrected chi connectivity index (χ4v) is 1.46. The molecule has 1 heterocycles. The molecule has 1 aromatic heterocycles. The number of oxazole rings is 1. The SMILES string of the molecule is NCc1nc2c(CCl)cccc2o1. The van der Waals surface area contributed by atoms with Gasteiger partial charge in [-0.25, -0.2) is 4.98 Å². The number of hydrogen-bond acceptors (Lipinski definition) is 3. The van der Waals surface area contributed by atoms with Gasteiger partial charge in [0.2, 0.25) is 5.89 Å². The molecule has 13 heavy (non-hydrogen) atoms. The Morgan fingerprint density at radius 3 is 3.00 bits per heavy atom. The standard InChI is InChI=1S/C9H9ClN2O/c10-4-6-2-1-3-7-9(6)12-8(5-11)13-7/h1-3H,4-5,11H2. The zero-order valence-electron chi connectivity index (χ0n) is 6.96. The molecular weight excluding hydrogens is 188 g/mol. The summed E-state index contributed by atoms with van der Waals surface area (Å²) < 4.78 is 5.36. The zero-order chi connectivity index (χ0) is 9.26. The van der Waals surface area contributed by atoms with Gasteiger partial charge in [-0.15, -0.1) is 11.6 Å². The maximum Gasteiger partial charge on any atom is 0.209 e. The van der Waals surface area contributed by atoms with Crippen molar-refractivity contribution in [3.8, 4) is 0 Å². The van der Waals surface area contributed by atoms with Gasteiger partial charge in [0.05, 0.1) is 6.54 Å². The summed E-state index contributed by atoms with van der Waals surface area (Å²) in [7, 11) is 0. The third-order valence-corrected chi connectivity index (χ3v) is 2.15. The van der Waals surface area contributed by atoms with Crippen LogP contribution in [0.15, 0.2) is 22.6 Å². The predicted molar refractivity (Wildman–Crippen MR) is 51.5 cm³/mol. The number of halogens is 1. The van der Waals surface area contributed by atoms with Crippen LogP contribution >= 0.6 is 11.6 Å². The summed E-state index contributed by atoms with van der Waals surface area (Å²) in [5, 5.41) is 0. The van der Waals surface area contributed by atoms with E-state index in [9.17, 15) is 0 Å². The molecule has 1 aromatic carbocycles. The van der Waals surface area contributed by atoms with Gasteiger partial charge in [-0.05, 0) is 11.6 Å². The van der Waals surface area contributed by atoms with E-state index in [0.717, 1.165) is 16.7 Å². The number of para-hydroxylation sites is 1. The van der Waals surface area contributed by atoms with Crippen LogP contribution in [0.25, 0.3) is 11.1 Å². The van der Waals surface area contributed by atoms with Gasteiger partial charge in [0, 0.05) is 5.88 Å². The zero-order valence-corrected chi connectivity index (χ0v) is 7.71. The van der Waals surface area contributed by atoms with E-state index in [4.69, 9.17) is 21.8 Å². The van der Waals surface area contributed by atoms with Gasteiger partial charge >= 0.3 is 0 Å². The summed E-state index contributed by atoms with van der Waals surface area (Å²) in [4.78, 5) is 4.23. The summed E-state index contributed by atoms with van der Waals surface area (Å²) >= 11 is 5.75. The van der Waals surface area contributed by atoms with Gasteiger partial charge < -0.3 is 10.2 Å². The molecule has 0 saturated carbocycles. The Balaban J connectivity index is 2.67. The molecule has 0 amide bonds. The minimum absolute atomic E-state index is 0.316. The number of rotatable bonds is 2. The van der Waals surface area contributed by atoms with Crippen LogP contribution in [0.3, 0.4) is 0 Å². The molecule has 3 nitrogen and oxygen atoms in total. The van der Waals surface area contributed by atoms with Crippen LogP contribution in [-0.2, 0) is 12.4 Å². The van der Waals surface area contributed by atoms with E-state index in [1.807, 2.05) is 18.2 Å². The highest BCUT2D eigenvalue weighted by Gasteiger charge is 2.06. The third-order valence-electron chi connectivity index (χ3n) is 1.87. The molecule has 4 heteroatoms. The fraction of sp³-hybridized carbons (Fsp3) is 0.222. The van der Waals surface area contributed by atoms with E-state index in [1.165, 1.54) is 0 Å². The van der Waals surface area contributed by atoms with E-state index >= 15 is 0 Å². The van der Waals surface area contributed by atoms with Gasteiger partial charge in [0.15, 0.2) is 5.58 Å². The molecule has 0 aliphatic carbocycles. The number of aromatic nitrogens is 1. The van der Waals surface area contributed by atoms with Crippen LogP contribution in [0.4, 0.5) is 0 Å². The normalized spacial score (nSPS) is 10.9. The molecule has 0 aliphatic heterocycles. The number of nitrogens with zero attached hydrogens (tertiary/aromatic N) is 1. The van der Waals surface area contributed by atoms with Crippen molar-refractivity contribution < 1.29 is 4.42 Å². The number of alkyl halides is 1. The van der Waals surface area contributed by atoms with Gasteiger partial charge in [-0.2, -0.15) is 0 Å². The largest absolute Gasteiger partial charge is 0.439 e. The lowest BCUT2D eigenvalue weighted by molar-refractivity contribution is 0.533. The van der Waals surface area contributed by atoms with Crippen LogP contribution < -0.4 is 5.73 Å². The Hall–Kier alpha value is -1.06. The van der Waals surface area contributed by atoms with E-state index in [1.54, 1.807) is 0 Å². The lowest BCUT2D eigenvalue weighted by atomic mass is 10.2. The molecule has 0 bridgehead atoms. The Morgan fingerprint density at radius 2 is 2.31 bits per heavy atom. The van der Waals surface area contributed by atoms with E-state index < -0.39 is 0 Å². The van der Waals surface area contributed by atoms with Crippen LogP contribution in [0, 0.1) is 0 Å². The molecule has 0 atom stereocenters. The quantitative estimate of drug-likeness (QED) is 0.748. The summed E-state index contributed by atoms with van der Waals surface area (Å²) in [5.74, 6) is 0.987. The van der Waals surface area contributed by atoms with Crippen molar-refractivity contribution >= 4 is 22.7 Å². The Bertz CT molecular complexity index is 424. The maximum atomic E-state index is 5.75. The van der Waals surface area contributed by atoms with Crippen LogP contribution in [0.5, 0.6) is 0 Å². The molecular formula is C9H9ClN2O. The lowest BCUT2D eigenvalue weighted by Crippen LogP contribution is -1.95. The van der Waals surface area contributed by atoms with Crippen molar-refractivity contribution in [2.45, 2.75) is 12.4 Å². The summed E-state index contributed by atoms with van der Waals surface area (Å²) in [5.41, 5.74) is 7.96. The van der Waals surface area contributed by atoms with Crippen LogP contribution in [0.1, 0.15) is 11.5 Å². The molecule has 0 fully saturated rings. The highest BCUT2D eigenvalue weighted by molar-refractivity contribution is 6.17. The minimum Gasteiger partial charge on any atom is -0.439 e. The first kappa shape index (κ1) is 8.53. The summed E-state index contributed by atoms with van der Waals surface area (Å²) in [6.45, 7) is 0.316. The number of benzene rings is 1. The van der Waals surface area contributed by atoms with Crippen molar-refractivity contribution in [3.63, 3.8) is 0 Å². The third kappa shape index (κ3) is 1.41. The lowest BCUT2D eigenvalue weighted by Gasteiger charge is -1.92. The van der Waals surface area contributed by atoms with Gasteiger partial charge in [-0.3, -0.25) is 0 Å². The highest BCUT2D eigenvalue weighted by atomic mass is 35.5. The average molecular weight is 197 g/mol. The van der Waals surface area contributed by atoms with Gasteiger partial charge in [0.1, 0.15) is 5.52 Å². The fourth-order valence-electron chi connectivity index (χ4n) is 1.25. The van der Waals surface area contributed by atoms with Gasteiger partial charge in [0.25, 0.3) is 0 Å². The Labute approximate surface area is 80.5 Å². The van der Waals surface area contributed by atoms with Crippen molar-refractivity contribution in [2.24, 2.45) is 5.73 Å². The maximum absolute atomic E-state index is 5.75. The van der Waals surface area contributed by atoms with Crippen LogP contribution in [-0.4, -0.2) is 4.98 Å². The van der Waals surface area contributed by atoms with Crippen molar-refractivity contribution in [3.05, 3.63) is 29.7 Å². The Morgan fingerprint density at radius 1 is 1.46 bits per heavy atom. The second-order valence-corrected chi connectivity index (χ2v) is 2.98. The number of hydrogen-bond donors (Lipinski definition) is 1. The molecule has 2 N–H and O–H groups in total. The molecule has 0 saturated heterocycles. The topological polar surface area (TPSA) is 52.0 Å². The van der Waals surface area contributed by atoms with E-state index in [2.05, 4.69) is 4.98 Å². The van der Waals surface area contributed by atoms with Crippen LogP contribution in [0.2, 0.25) is 0 Å². The molecule has 0 unspecified atom stereocenters. The summed E-state index contributed by atoms with van der Waals surface area (Å²) in [6, 6.07) is 5.68. The predicted octanol–water partition coefficient (Wildman–Crippen LogP) is 2.03. The molecule has 0 spiro atoms. The first-order valence-corrected chi connectivity index (χ1v) is 4.52. The molecule has 0 radical (unpaired) electrons. The molecule has 0 aliphatic rings. The molecule has 68 valence electrons. The van der Waals surface area contributed by atoms with Gasteiger partial charge in [-0.1, -0.05) is 12.1 Å². The number of fused-ring (bicyclic) bond motifs is 1. The summed E-state index contributed by atoms with van der Waals surface area (Å²) in [6.07, 6.45) is 0. The number of nitrogens with two attached hydrogens (primary N) is 1. The molecule has 2 rings (SSSR count). The van der Waals surface area contributed by atoms with Crippen molar-refractivity contribution in [2.75, 3.05) is 0 Å². The Kier molecular flexibility index (Phi) is 2.20. The molecule has 2 aromatic rings. The minimum atomic E-state index is 0.316. The highest BCUT2D eigenvalue weighted by Crippen LogP contribution is 2.20. The van der Waals surface area contributed by atoms with E-state index in [0.29, 0.717) is 18.3 Å². The second kappa shape index (κ2) is 3.36. The van der Waals surface area contributed by atoms with E-state index in [-0.39, 0.29) is 0 Å². The monoisotopic (exact) mass is 196 g/mol. The first-order chi connectivity index (χ1) is 6.35. The van der Waals surface area contributed by atoms with Crippen molar-refractivity contribution in [1.29, 1.82) is 0 Å². The second-order valence-electron chi connectivity index (χ2n) is 2.71. The van der Waals surface area contributed by atoms with Crippen molar-refractivity contribution in [1.82, 2.24) is 4.98 Å². The average Bonchev–Trinajstić information content (AvgIpc) is 2.59.